The van der Waals surface area contributed by atoms with E-state index in [1.165, 1.54) is 14.2 Å². The molecule has 2 rings (SSSR count). The van der Waals surface area contributed by atoms with E-state index in [4.69, 9.17) is 9.47 Å². The maximum atomic E-state index is 11.6. The second-order valence-electron chi connectivity index (χ2n) is 4.67. The molecule has 1 amide bonds. The Morgan fingerprint density at radius 1 is 1.33 bits per heavy atom. The van der Waals surface area contributed by atoms with Gasteiger partial charge in [-0.3, -0.25) is 14.9 Å². The van der Waals surface area contributed by atoms with Crippen molar-refractivity contribution in [1.82, 2.24) is 5.32 Å². The molecule has 0 aliphatic carbocycles. The highest BCUT2D eigenvalue weighted by Gasteiger charge is 2.40. The van der Waals surface area contributed by atoms with Gasteiger partial charge in [0.15, 0.2) is 0 Å². The maximum absolute atomic E-state index is 11.6. The van der Waals surface area contributed by atoms with E-state index >= 15 is 0 Å². The number of halogens is 1. The van der Waals surface area contributed by atoms with Crippen LogP contribution in [0, 0.1) is 10.1 Å². The molecule has 1 fully saturated rings. The zero-order valence-corrected chi connectivity index (χ0v) is 13.2. The molecule has 1 N–H and O–H groups in total. The SMILES string of the molecule is COc1cc([C@@H]2NC(=O)CC[C@@H]2[N+](=O)[O-])c(OC)cc1Br. The number of nitro groups is 1. The minimum atomic E-state index is -0.887. The molecule has 0 spiro atoms. The molecular weight excluding hydrogens is 344 g/mol. The predicted molar refractivity (Wildman–Crippen MR) is 78.1 cm³/mol. The normalized spacial score (nSPS) is 21.6. The van der Waals surface area contributed by atoms with E-state index in [0.29, 0.717) is 21.5 Å². The number of ether oxygens (including phenoxy) is 2. The number of carbonyl (C=O) groups is 1. The van der Waals surface area contributed by atoms with Crippen molar-refractivity contribution >= 4 is 21.8 Å². The number of nitrogens with one attached hydrogen (secondary N) is 1. The summed E-state index contributed by atoms with van der Waals surface area (Å²) in [6.45, 7) is 0. The molecule has 7 nitrogen and oxygen atoms in total. The predicted octanol–water partition coefficient (Wildman–Crippen LogP) is 2.06. The van der Waals surface area contributed by atoms with Gasteiger partial charge in [-0.05, 0) is 28.1 Å². The highest BCUT2D eigenvalue weighted by Crippen LogP contribution is 2.38. The van der Waals surface area contributed by atoms with Gasteiger partial charge in [0.05, 0.1) is 18.7 Å². The molecule has 114 valence electrons. The molecule has 0 bridgehead atoms. The quantitative estimate of drug-likeness (QED) is 0.657. The summed E-state index contributed by atoms with van der Waals surface area (Å²) in [6.07, 6.45) is 0.350. The van der Waals surface area contributed by atoms with Crippen LogP contribution in [0.15, 0.2) is 16.6 Å². The van der Waals surface area contributed by atoms with Crippen molar-refractivity contribution in [2.24, 2.45) is 0 Å². The summed E-state index contributed by atoms with van der Waals surface area (Å²) in [7, 11) is 2.98. The van der Waals surface area contributed by atoms with E-state index in [1.54, 1.807) is 12.1 Å². The Kier molecular flexibility index (Phi) is 4.66. The topological polar surface area (TPSA) is 90.7 Å². The molecule has 0 aromatic heterocycles. The Hall–Kier alpha value is -1.83. The molecule has 1 aromatic carbocycles. The molecule has 2 atom stereocenters. The first-order valence-electron chi connectivity index (χ1n) is 6.32. The van der Waals surface area contributed by atoms with Gasteiger partial charge < -0.3 is 14.8 Å². The standard InChI is InChI=1S/C13H15BrN2O5/c1-20-10-6-8(14)11(21-2)5-7(10)13-9(16(18)19)3-4-12(17)15-13/h5-6,9,13H,3-4H2,1-2H3,(H,15,17)/t9-,13-/m0/s1. The van der Waals surface area contributed by atoms with Gasteiger partial charge in [-0.2, -0.15) is 0 Å². The number of hydrogen-bond donors (Lipinski definition) is 1. The van der Waals surface area contributed by atoms with Gasteiger partial charge in [-0.15, -0.1) is 0 Å². The van der Waals surface area contributed by atoms with Crippen LogP contribution in [-0.4, -0.2) is 31.1 Å². The summed E-state index contributed by atoms with van der Waals surface area (Å²) in [5, 5.41) is 13.9. The smallest absolute Gasteiger partial charge is 0.237 e. The van der Waals surface area contributed by atoms with Crippen molar-refractivity contribution in [1.29, 1.82) is 0 Å². The van der Waals surface area contributed by atoms with Crippen LogP contribution in [-0.2, 0) is 4.79 Å². The second-order valence-corrected chi connectivity index (χ2v) is 5.52. The summed E-state index contributed by atoms with van der Waals surface area (Å²) in [4.78, 5) is 22.5. The van der Waals surface area contributed by atoms with Crippen molar-refractivity contribution in [3.05, 3.63) is 32.3 Å². The molecule has 1 heterocycles. The zero-order chi connectivity index (χ0) is 15.6. The van der Waals surface area contributed by atoms with Crippen molar-refractivity contribution in [3.8, 4) is 11.5 Å². The second kappa shape index (κ2) is 6.30. The monoisotopic (exact) mass is 358 g/mol. The van der Waals surface area contributed by atoms with E-state index in [1.807, 2.05) is 0 Å². The molecule has 0 radical (unpaired) electrons. The molecule has 1 aliphatic heterocycles. The molecule has 1 saturated heterocycles. The molecule has 0 unspecified atom stereocenters. The van der Waals surface area contributed by atoms with Crippen molar-refractivity contribution in [2.45, 2.75) is 24.9 Å². The number of nitrogens with zero attached hydrogens (tertiary/aromatic N) is 1. The summed E-state index contributed by atoms with van der Waals surface area (Å²) in [6, 6.07) is 1.70. The van der Waals surface area contributed by atoms with Crippen molar-refractivity contribution < 1.29 is 19.2 Å². The molecule has 21 heavy (non-hydrogen) atoms. The van der Waals surface area contributed by atoms with Crippen LogP contribution in [0.4, 0.5) is 0 Å². The van der Waals surface area contributed by atoms with Crippen LogP contribution < -0.4 is 14.8 Å². The fraction of sp³-hybridized carbons (Fsp3) is 0.462. The maximum Gasteiger partial charge on any atom is 0.237 e. The molecular formula is C13H15BrN2O5. The Bertz CT molecular complexity index is 578. The number of piperidine rings is 1. The van der Waals surface area contributed by atoms with E-state index in [-0.39, 0.29) is 23.7 Å². The van der Waals surface area contributed by atoms with Gasteiger partial charge in [0.2, 0.25) is 11.9 Å². The fourth-order valence-corrected chi connectivity index (χ4v) is 2.91. The highest BCUT2D eigenvalue weighted by atomic mass is 79.9. The van der Waals surface area contributed by atoms with Crippen LogP contribution >= 0.6 is 15.9 Å². The van der Waals surface area contributed by atoms with E-state index in [9.17, 15) is 14.9 Å². The summed E-state index contributed by atoms with van der Waals surface area (Å²) in [5.74, 6) is 0.775. The molecule has 8 heteroatoms. The summed E-state index contributed by atoms with van der Waals surface area (Å²) < 4.78 is 11.2. The van der Waals surface area contributed by atoms with Crippen LogP contribution in [0.25, 0.3) is 0 Å². The summed E-state index contributed by atoms with van der Waals surface area (Å²) in [5.41, 5.74) is 0.535. The van der Waals surface area contributed by atoms with E-state index in [2.05, 4.69) is 21.2 Å². The van der Waals surface area contributed by atoms with Gasteiger partial charge in [0.1, 0.15) is 17.5 Å². The van der Waals surface area contributed by atoms with Crippen LogP contribution in [0.1, 0.15) is 24.4 Å². The summed E-state index contributed by atoms with van der Waals surface area (Å²) >= 11 is 3.34. The largest absolute Gasteiger partial charge is 0.496 e. The first-order chi connectivity index (χ1) is 9.97. The van der Waals surface area contributed by atoms with Gasteiger partial charge in [0, 0.05) is 23.3 Å². The lowest BCUT2D eigenvalue weighted by Crippen LogP contribution is -2.45. The van der Waals surface area contributed by atoms with Crippen LogP contribution in [0.3, 0.4) is 0 Å². The third kappa shape index (κ3) is 3.10. The third-order valence-electron chi connectivity index (χ3n) is 3.48. The van der Waals surface area contributed by atoms with E-state index in [0.717, 1.165) is 0 Å². The lowest BCUT2D eigenvalue weighted by molar-refractivity contribution is -0.529. The first-order valence-corrected chi connectivity index (χ1v) is 7.11. The van der Waals surface area contributed by atoms with Crippen LogP contribution in [0.2, 0.25) is 0 Å². The number of amides is 1. The number of methoxy groups -OCH3 is 2. The molecule has 1 aliphatic rings. The number of rotatable bonds is 4. The fourth-order valence-electron chi connectivity index (χ4n) is 2.43. The lowest BCUT2D eigenvalue weighted by atomic mass is 9.91. The lowest BCUT2D eigenvalue weighted by Gasteiger charge is -2.28. The highest BCUT2D eigenvalue weighted by molar-refractivity contribution is 9.10. The average molecular weight is 359 g/mol. The van der Waals surface area contributed by atoms with Gasteiger partial charge >= 0.3 is 0 Å². The molecule has 0 saturated carbocycles. The van der Waals surface area contributed by atoms with Gasteiger partial charge in [0.25, 0.3) is 0 Å². The van der Waals surface area contributed by atoms with E-state index < -0.39 is 12.1 Å². The van der Waals surface area contributed by atoms with Crippen LogP contribution in [0.5, 0.6) is 11.5 Å². The number of benzene rings is 1. The van der Waals surface area contributed by atoms with Crippen molar-refractivity contribution in [3.63, 3.8) is 0 Å². The Morgan fingerprint density at radius 2 is 2.00 bits per heavy atom. The Morgan fingerprint density at radius 3 is 2.57 bits per heavy atom. The molecule has 1 aromatic rings. The Labute approximate surface area is 129 Å². The minimum absolute atomic E-state index is 0.151. The number of carbonyl (C=O) groups excluding carboxylic acids is 1. The van der Waals surface area contributed by atoms with Gasteiger partial charge in [-0.1, -0.05) is 0 Å². The number of hydrogen-bond acceptors (Lipinski definition) is 5. The van der Waals surface area contributed by atoms with Crippen molar-refractivity contribution in [2.75, 3.05) is 14.2 Å². The van der Waals surface area contributed by atoms with Gasteiger partial charge in [-0.25, -0.2) is 0 Å². The zero-order valence-electron chi connectivity index (χ0n) is 11.6. The average Bonchev–Trinajstić information content (AvgIpc) is 2.46. The Balaban J connectivity index is 2.50. The third-order valence-corrected chi connectivity index (χ3v) is 4.10. The first kappa shape index (κ1) is 15.6. The minimum Gasteiger partial charge on any atom is -0.496 e.